The van der Waals surface area contributed by atoms with Crippen molar-refractivity contribution in [2.75, 3.05) is 12.4 Å². The molecule has 0 fully saturated rings. The first-order chi connectivity index (χ1) is 14.7. The van der Waals surface area contributed by atoms with Crippen LogP contribution in [-0.4, -0.2) is 24.1 Å². The van der Waals surface area contributed by atoms with Gasteiger partial charge in [0, 0.05) is 10.5 Å². The third-order valence-corrected chi connectivity index (χ3v) is 5.72. The van der Waals surface area contributed by atoms with Crippen LogP contribution >= 0.6 is 11.8 Å². The standard InChI is InChI=1S/C26H20O3S/c27-25(22-12-10-21(11-13-22)19-6-2-1-3-7-19)17-29-26(28)18-30-24-15-14-20-8-4-5-9-23(20)16-24/h1-16H,17-18H2. The van der Waals surface area contributed by atoms with Gasteiger partial charge in [-0.05, 0) is 34.0 Å². The van der Waals surface area contributed by atoms with Gasteiger partial charge in [-0.15, -0.1) is 11.8 Å². The zero-order valence-corrected chi connectivity index (χ0v) is 17.1. The molecule has 4 aromatic carbocycles. The van der Waals surface area contributed by atoms with Crippen molar-refractivity contribution in [3.63, 3.8) is 0 Å². The molecule has 0 aliphatic heterocycles. The number of hydrogen-bond donors (Lipinski definition) is 0. The van der Waals surface area contributed by atoms with Gasteiger partial charge >= 0.3 is 5.97 Å². The first-order valence-corrected chi connectivity index (χ1v) is 10.6. The first kappa shape index (κ1) is 19.9. The number of Topliss-reactive ketones (excluding diaryl/α,β-unsaturated/α-hetero) is 1. The second-order valence-corrected chi connectivity index (χ2v) is 7.87. The number of benzene rings is 4. The Balaban J connectivity index is 1.28. The Kier molecular flexibility index (Phi) is 6.26. The third-order valence-electron chi connectivity index (χ3n) is 4.76. The summed E-state index contributed by atoms with van der Waals surface area (Å²) in [6.45, 7) is -0.248. The molecule has 4 aromatic rings. The van der Waals surface area contributed by atoms with Gasteiger partial charge in [0.25, 0.3) is 0 Å². The van der Waals surface area contributed by atoms with Crippen LogP contribution in [0, 0.1) is 0 Å². The maximum absolute atomic E-state index is 12.3. The fourth-order valence-corrected chi connectivity index (χ4v) is 3.89. The zero-order chi connectivity index (χ0) is 20.8. The van der Waals surface area contributed by atoms with Crippen molar-refractivity contribution in [2.45, 2.75) is 4.90 Å². The van der Waals surface area contributed by atoms with E-state index in [2.05, 4.69) is 6.07 Å². The minimum absolute atomic E-state index is 0.165. The molecule has 0 unspecified atom stereocenters. The summed E-state index contributed by atoms with van der Waals surface area (Å²) in [5.74, 6) is -0.445. The second-order valence-electron chi connectivity index (χ2n) is 6.82. The van der Waals surface area contributed by atoms with Crippen LogP contribution in [0.3, 0.4) is 0 Å². The number of fused-ring (bicyclic) bond motifs is 1. The van der Waals surface area contributed by atoms with Crippen LogP contribution in [0.2, 0.25) is 0 Å². The van der Waals surface area contributed by atoms with Gasteiger partial charge in [0.05, 0.1) is 5.75 Å². The topological polar surface area (TPSA) is 43.4 Å². The lowest BCUT2D eigenvalue weighted by molar-refractivity contribution is -0.139. The SMILES string of the molecule is O=C(CSc1ccc2ccccc2c1)OCC(=O)c1ccc(-c2ccccc2)cc1. The molecule has 0 aromatic heterocycles. The molecule has 0 bridgehead atoms. The fourth-order valence-electron chi connectivity index (χ4n) is 3.15. The zero-order valence-electron chi connectivity index (χ0n) is 16.3. The van der Waals surface area contributed by atoms with Gasteiger partial charge in [-0.25, -0.2) is 0 Å². The van der Waals surface area contributed by atoms with E-state index in [1.165, 1.54) is 11.8 Å². The predicted octanol–water partition coefficient (Wildman–Crippen LogP) is 6.03. The summed E-state index contributed by atoms with van der Waals surface area (Å²) in [4.78, 5) is 25.4. The van der Waals surface area contributed by atoms with E-state index in [1.807, 2.05) is 78.9 Å². The molecule has 0 aliphatic carbocycles. The number of esters is 1. The van der Waals surface area contributed by atoms with Gasteiger partial charge in [0.2, 0.25) is 0 Å². The molecule has 0 saturated carbocycles. The van der Waals surface area contributed by atoms with Crippen LogP contribution in [-0.2, 0) is 9.53 Å². The maximum atomic E-state index is 12.3. The molecule has 0 radical (unpaired) electrons. The summed E-state index contributed by atoms with van der Waals surface area (Å²) < 4.78 is 5.17. The van der Waals surface area contributed by atoms with E-state index in [1.54, 1.807) is 12.1 Å². The summed E-state index contributed by atoms with van der Waals surface area (Å²) >= 11 is 1.40. The van der Waals surface area contributed by atoms with Crippen LogP contribution in [0.15, 0.2) is 102 Å². The predicted molar refractivity (Wildman–Crippen MR) is 122 cm³/mol. The number of carbonyl (C=O) groups is 2. The fraction of sp³-hybridized carbons (Fsp3) is 0.0769. The smallest absolute Gasteiger partial charge is 0.316 e. The Labute approximate surface area is 179 Å². The minimum Gasteiger partial charge on any atom is -0.457 e. The number of hydrogen-bond acceptors (Lipinski definition) is 4. The normalized spacial score (nSPS) is 10.7. The number of carbonyl (C=O) groups excluding carboxylic acids is 2. The van der Waals surface area contributed by atoms with Gasteiger partial charge in [-0.3, -0.25) is 9.59 Å². The largest absolute Gasteiger partial charge is 0.457 e. The second kappa shape index (κ2) is 9.42. The van der Waals surface area contributed by atoms with Crippen LogP contribution in [0.25, 0.3) is 21.9 Å². The van der Waals surface area contributed by atoms with E-state index in [9.17, 15) is 9.59 Å². The average Bonchev–Trinajstić information content (AvgIpc) is 2.81. The van der Waals surface area contributed by atoms with Crippen LogP contribution in [0.5, 0.6) is 0 Å². The molecule has 0 N–H and O–H groups in total. The van der Waals surface area contributed by atoms with E-state index >= 15 is 0 Å². The van der Waals surface area contributed by atoms with Crippen LogP contribution < -0.4 is 0 Å². The summed E-state index contributed by atoms with van der Waals surface area (Å²) in [6.07, 6.45) is 0. The first-order valence-electron chi connectivity index (χ1n) is 9.65. The lowest BCUT2D eigenvalue weighted by atomic mass is 10.0. The monoisotopic (exact) mass is 412 g/mol. The third kappa shape index (κ3) is 4.97. The average molecular weight is 413 g/mol. The van der Waals surface area contributed by atoms with Gasteiger partial charge in [-0.2, -0.15) is 0 Å². The van der Waals surface area contributed by atoms with E-state index in [4.69, 9.17) is 4.74 Å². The molecular weight excluding hydrogens is 392 g/mol. The van der Waals surface area contributed by atoms with Crippen LogP contribution in [0.4, 0.5) is 0 Å². The number of rotatable bonds is 7. The Morgan fingerprint density at radius 3 is 2.13 bits per heavy atom. The van der Waals surface area contributed by atoms with Gasteiger partial charge in [0.1, 0.15) is 0 Å². The van der Waals surface area contributed by atoms with E-state index in [0.717, 1.165) is 26.8 Å². The Bertz CT molecular complexity index is 1170. The van der Waals surface area contributed by atoms with Crippen molar-refractivity contribution in [3.8, 4) is 11.1 Å². The molecule has 0 heterocycles. The highest BCUT2D eigenvalue weighted by Crippen LogP contribution is 2.24. The molecule has 0 spiro atoms. The van der Waals surface area contributed by atoms with Crippen molar-refractivity contribution in [3.05, 3.63) is 103 Å². The quantitative estimate of drug-likeness (QED) is 0.211. The number of ketones is 1. The summed E-state index contributed by atoms with van der Waals surface area (Å²) in [7, 11) is 0. The maximum Gasteiger partial charge on any atom is 0.316 e. The molecule has 0 amide bonds. The highest BCUT2D eigenvalue weighted by molar-refractivity contribution is 8.00. The Morgan fingerprint density at radius 1 is 0.700 bits per heavy atom. The van der Waals surface area contributed by atoms with E-state index < -0.39 is 5.97 Å². The minimum atomic E-state index is -0.401. The Hall–Kier alpha value is -3.37. The lowest BCUT2D eigenvalue weighted by Crippen LogP contribution is -2.15. The summed E-state index contributed by atoms with van der Waals surface area (Å²) in [5, 5.41) is 2.29. The molecule has 4 rings (SSSR count). The lowest BCUT2D eigenvalue weighted by Gasteiger charge is -2.06. The van der Waals surface area contributed by atoms with Crippen molar-refractivity contribution in [2.24, 2.45) is 0 Å². The molecular formula is C26H20O3S. The highest BCUT2D eigenvalue weighted by Gasteiger charge is 2.11. The van der Waals surface area contributed by atoms with Crippen LogP contribution in [0.1, 0.15) is 10.4 Å². The Morgan fingerprint density at radius 2 is 1.37 bits per heavy atom. The van der Waals surface area contributed by atoms with Crippen molar-refractivity contribution in [1.82, 2.24) is 0 Å². The summed E-state index contributed by atoms with van der Waals surface area (Å²) in [6, 6.07) is 31.4. The van der Waals surface area contributed by atoms with Gasteiger partial charge < -0.3 is 4.74 Å². The van der Waals surface area contributed by atoms with Gasteiger partial charge in [0.15, 0.2) is 12.4 Å². The van der Waals surface area contributed by atoms with Crippen molar-refractivity contribution in [1.29, 1.82) is 0 Å². The van der Waals surface area contributed by atoms with Gasteiger partial charge in [-0.1, -0.05) is 84.9 Å². The molecule has 4 heteroatoms. The number of ether oxygens (including phenoxy) is 1. The molecule has 30 heavy (non-hydrogen) atoms. The molecule has 0 saturated heterocycles. The molecule has 0 aliphatic rings. The van der Waals surface area contributed by atoms with Crippen molar-refractivity contribution >= 4 is 34.3 Å². The molecule has 3 nitrogen and oxygen atoms in total. The summed E-state index contributed by atoms with van der Waals surface area (Å²) in [5.41, 5.74) is 2.66. The highest BCUT2D eigenvalue weighted by atomic mass is 32.2. The molecule has 0 atom stereocenters. The van der Waals surface area contributed by atoms with Crippen molar-refractivity contribution < 1.29 is 14.3 Å². The number of thioether (sulfide) groups is 1. The van der Waals surface area contributed by atoms with E-state index in [-0.39, 0.29) is 18.1 Å². The van der Waals surface area contributed by atoms with E-state index in [0.29, 0.717) is 5.56 Å². The molecule has 148 valence electrons.